The molecule has 1 aliphatic carbocycles. The van der Waals surface area contributed by atoms with Crippen LogP contribution >= 0.6 is 11.6 Å². The van der Waals surface area contributed by atoms with E-state index in [4.69, 9.17) is 26.2 Å². The fraction of sp³-hybridized carbons (Fsp3) is 0.704. The van der Waals surface area contributed by atoms with Crippen LogP contribution in [0.3, 0.4) is 0 Å². The quantitative estimate of drug-likeness (QED) is 0.406. The van der Waals surface area contributed by atoms with E-state index in [0.717, 1.165) is 44.7 Å². The first-order valence-corrected chi connectivity index (χ1v) is 13.8. The maximum Gasteiger partial charge on any atom is 0.325 e. The molecule has 0 aromatic heterocycles. The summed E-state index contributed by atoms with van der Waals surface area (Å²) >= 11 is 6.14. The number of anilines is 1. The monoisotopic (exact) mass is 538 g/mol. The SMILES string of the molecule is COc1cc(N2CCNC(C(=O)O[C@@H]3C[C@H](C)CC[C@@H]3C(C)C)C2)ccc1Cl.O=C(O)C1CNCCN1. The van der Waals surface area contributed by atoms with Crippen LogP contribution in [0.25, 0.3) is 0 Å². The highest BCUT2D eigenvalue weighted by molar-refractivity contribution is 6.32. The average molecular weight is 539 g/mol. The lowest BCUT2D eigenvalue weighted by Crippen LogP contribution is -2.55. The van der Waals surface area contributed by atoms with Crippen molar-refractivity contribution in [3.8, 4) is 5.75 Å². The van der Waals surface area contributed by atoms with Gasteiger partial charge in [-0.05, 0) is 42.7 Å². The van der Waals surface area contributed by atoms with Crippen molar-refractivity contribution >= 4 is 29.2 Å². The molecule has 1 saturated carbocycles. The Bertz CT molecular complexity index is 896. The molecule has 3 fully saturated rings. The fourth-order valence-corrected chi connectivity index (χ4v) is 5.49. The third-order valence-electron chi connectivity index (χ3n) is 7.53. The molecule has 2 unspecified atom stereocenters. The van der Waals surface area contributed by atoms with Gasteiger partial charge < -0.3 is 35.4 Å². The number of hydrogen-bond donors (Lipinski definition) is 4. The van der Waals surface area contributed by atoms with Gasteiger partial charge in [-0.3, -0.25) is 9.59 Å². The van der Waals surface area contributed by atoms with Gasteiger partial charge in [-0.15, -0.1) is 0 Å². The number of nitrogens with one attached hydrogen (secondary N) is 3. The van der Waals surface area contributed by atoms with Crippen molar-refractivity contribution in [2.24, 2.45) is 17.8 Å². The number of carboxylic acid groups (broad SMARTS) is 1. The number of ether oxygens (including phenoxy) is 2. The maximum atomic E-state index is 12.9. The van der Waals surface area contributed by atoms with E-state index >= 15 is 0 Å². The zero-order valence-electron chi connectivity index (χ0n) is 22.5. The van der Waals surface area contributed by atoms with Gasteiger partial charge in [0, 0.05) is 51.0 Å². The summed E-state index contributed by atoms with van der Waals surface area (Å²) < 4.78 is 11.4. The Balaban J connectivity index is 0.000000356. The molecule has 4 N–H and O–H groups in total. The Hall–Kier alpha value is -2.07. The first-order valence-electron chi connectivity index (χ1n) is 13.4. The molecule has 37 heavy (non-hydrogen) atoms. The van der Waals surface area contributed by atoms with Crippen LogP contribution < -0.4 is 25.6 Å². The number of aliphatic carboxylic acids is 1. The van der Waals surface area contributed by atoms with Crippen LogP contribution in [0.1, 0.15) is 40.0 Å². The topological polar surface area (TPSA) is 112 Å². The fourth-order valence-electron chi connectivity index (χ4n) is 5.30. The van der Waals surface area contributed by atoms with Crippen molar-refractivity contribution in [1.29, 1.82) is 0 Å². The summed E-state index contributed by atoms with van der Waals surface area (Å²) in [6.07, 6.45) is 3.37. The van der Waals surface area contributed by atoms with Gasteiger partial charge in [-0.1, -0.05) is 38.8 Å². The third kappa shape index (κ3) is 8.46. The summed E-state index contributed by atoms with van der Waals surface area (Å²) in [4.78, 5) is 25.4. The van der Waals surface area contributed by atoms with Gasteiger partial charge in [0.2, 0.25) is 0 Å². The van der Waals surface area contributed by atoms with Crippen LogP contribution in [0.15, 0.2) is 18.2 Å². The molecule has 3 aliphatic rings. The molecule has 2 heterocycles. The van der Waals surface area contributed by atoms with Gasteiger partial charge in [-0.2, -0.15) is 0 Å². The summed E-state index contributed by atoms with van der Waals surface area (Å²) in [5.41, 5.74) is 1.01. The maximum absolute atomic E-state index is 12.9. The van der Waals surface area contributed by atoms with Crippen molar-refractivity contribution in [2.45, 2.75) is 58.2 Å². The summed E-state index contributed by atoms with van der Waals surface area (Å²) in [5.74, 6) is 1.35. The van der Waals surface area contributed by atoms with Crippen LogP contribution in [-0.4, -0.2) is 81.6 Å². The van der Waals surface area contributed by atoms with Crippen molar-refractivity contribution in [1.82, 2.24) is 16.0 Å². The second-order valence-electron chi connectivity index (χ2n) is 10.6. The van der Waals surface area contributed by atoms with Gasteiger partial charge in [0.1, 0.15) is 23.9 Å². The minimum Gasteiger partial charge on any atom is -0.495 e. The molecule has 2 saturated heterocycles. The predicted molar refractivity (Wildman–Crippen MR) is 146 cm³/mol. The Labute approximate surface area is 225 Å². The molecule has 4 rings (SSSR count). The molecule has 5 atom stereocenters. The zero-order valence-corrected chi connectivity index (χ0v) is 23.2. The molecule has 1 aromatic rings. The molecule has 0 bridgehead atoms. The molecular formula is C27H43ClN4O5. The smallest absolute Gasteiger partial charge is 0.325 e. The molecule has 0 radical (unpaired) electrons. The Morgan fingerprint density at radius 3 is 2.51 bits per heavy atom. The minimum atomic E-state index is -0.776. The van der Waals surface area contributed by atoms with Gasteiger partial charge >= 0.3 is 11.9 Å². The molecule has 9 nitrogen and oxygen atoms in total. The lowest BCUT2D eigenvalue weighted by Gasteiger charge is -2.39. The van der Waals surface area contributed by atoms with E-state index in [1.54, 1.807) is 7.11 Å². The van der Waals surface area contributed by atoms with Crippen LogP contribution in [0.2, 0.25) is 5.02 Å². The first-order chi connectivity index (χ1) is 17.7. The second-order valence-corrected chi connectivity index (χ2v) is 11.0. The van der Waals surface area contributed by atoms with E-state index in [-0.39, 0.29) is 18.1 Å². The first kappa shape index (κ1) is 29.5. The van der Waals surface area contributed by atoms with Gasteiger partial charge in [-0.25, -0.2) is 0 Å². The van der Waals surface area contributed by atoms with E-state index in [9.17, 15) is 9.59 Å². The van der Waals surface area contributed by atoms with Crippen molar-refractivity contribution < 1.29 is 24.2 Å². The predicted octanol–water partition coefficient (Wildman–Crippen LogP) is 2.76. The number of piperazine rings is 2. The number of methoxy groups -OCH3 is 1. The number of nitrogens with zero attached hydrogens (tertiary/aromatic N) is 1. The number of hydrogen-bond acceptors (Lipinski definition) is 8. The number of esters is 1. The highest BCUT2D eigenvalue weighted by atomic mass is 35.5. The van der Waals surface area contributed by atoms with E-state index in [1.165, 1.54) is 6.42 Å². The van der Waals surface area contributed by atoms with Crippen molar-refractivity contribution in [3.63, 3.8) is 0 Å². The van der Waals surface area contributed by atoms with Crippen LogP contribution in [0.4, 0.5) is 5.69 Å². The summed E-state index contributed by atoms with van der Waals surface area (Å²) in [6.45, 7) is 11.0. The number of carbonyl (C=O) groups is 2. The summed E-state index contributed by atoms with van der Waals surface area (Å²) in [6, 6.07) is 5.02. The highest BCUT2D eigenvalue weighted by Gasteiger charge is 2.36. The molecule has 0 spiro atoms. The molecule has 10 heteroatoms. The number of rotatable bonds is 6. The Kier molecular flexibility index (Phi) is 11.3. The Morgan fingerprint density at radius 1 is 1.14 bits per heavy atom. The molecule has 208 valence electrons. The van der Waals surface area contributed by atoms with Gasteiger partial charge in [0.15, 0.2) is 0 Å². The Morgan fingerprint density at radius 2 is 1.89 bits per heavy atom. The van der Waals surface area contributed by atoms with Crippen LogP contribution in [0.5, 0.6) is 5.75 Å². The number of benzene rings is 1. The van der Waals surface area contributed by atoms with E-state index in [0.29, 0.717) is 41.6 Å². The van der Waals surface area contributed by atoms with Gasteiger partial charge in [0.05, 0.1) is 12.1 Å². The lowest BCUT2D eigenvalue weighted by atomic mass is 9.75. The van der Waals surface area contributed by atoms with Crippen molar-refractivity contribution in [2.75, 3.05) is 51.3 Å². The second kappa shape index (κ2) is 14.2. The molecule has 2 aliphatic heterocycles. The molecule has 0 amide bonds. The number of carboxylic acids is 1. The number of carbonyl (C=O) groups excluding carboxylic acids is 1. The van der Waals surface area contributed by atoms with E-state index in [2.05, 4.69) is 41.6 Å². The zero-order chi connectivity index (χ0) is 26.9. The van der Waals surface area contributed by atoms with Gasteiger partial charge in [0.25, 0.3) is 0 Å². The van der Waals surface area contributed by atoms with E-state index < -0.39 is 12.0 Å². The molecule has 1 aromatic carbocycles. The van der Waals surface area contributed by atoms with E-state index in [1.807, 2.05) is 18.2 Å². The number of halogens is 1. The summed E-state index contributed by atoms with van der Waals surface area (Å²) in [5, 5.41) is 18.2. The van der Waals surface area contributed by atoms with Crippen molar-refractivity contribution in [3.05, 3.63) is 23.2 Å². The highest BCUT2D eigenvalue weighted by Crippen LogP contribution is 2.36. The van der Waals surface area contributed by atoms with Crippen LogP contribution in [0, 0.1) is 17.8 Å². The average Bonchev–Trinajstić information content (AvgIpc) is 2.89. The lowest BCUT2D eigenvalue weighted by molar-refractivity contribution is -0.158. The standard InChI is InChI=1S/C22H33ClN2O3.C5H10N2O2/c1-14(2)17-7-5-15(3)11-20(17)28-22(26)19-13-25(10-9-24-19)16-6-8-18(23)21(12-16)27-4;8-5(9)4-3-6-1-2-7-4/h6,8,12,14-15,17,19-20,24H,5,7,9-11,13H2,1-4H3;4,6-7H,1-3H2,(H,8,9)/t15-,17-,19?,20-;/m1./s1. The largest absolute Gasteiger partial charge is 0.495 e. The third-order valence-corrected chi connectivity index (χ3v) is 7.84. The summed E-state index contributed by atoms with van der Waals surface area (Å²) in [7, 11) is 1.61. The van der Waals surface area contributed by atoms with Crippen LogP contribution in [-0.2, 0) is 14.3 Å². The normalized spacial score (nSPS) is 28.2. The minimum absolute atomic E-state index is 0.0315. The molecular weight excluding hydrogens is 496 g/mol.